The Hall–Kier alpha value is -1.36. The van der Waals surface area contributed by atoms with Gasteiger partial charge in [-0.3, -0.25) is 4.79 Å². The molecule has 0 unspecified atom stereocenters. The Labute approximate surface area is 107 Å². The molecule has 1 aliphatic carbocycles. The van der Waals surface area contributed by atoms with Gasteiger partial charge in [0.15, 0.2) is 0 Å². The third kappa shape index (κ3) is 3.57. The molecule has 1 aliphatic rings. The van der Waals surface area contributed by atoms with Crippen molar-refractivity contribution in [3.63, 3.8) is 0 Å². The maximum atomic E-state index is 11.6. The van der Waals surface area contributed by atoms with E-state index in [1.165, 1.54) is 0 Å². The Bertz CT molecular complexity index is 452. The number of H-pyrrole nitrogens is 1. The molecule has 0 amide bonds. The highest BCUT2D eigenvalue weighted by Crippen LogP contribution is 2.37. The lowest BCUT2D eigenvalue weighted by molar-refractivity contribution is 0.0845. The number of hydrogen-bond acceptors (Lipinski definition) is 4. The quantitative estimate of drug-likeness (QED) is 0.832. The number of anilines is 1. The van der Waals surface area contributed by atoms with Crippen molar-refractivity contribution < 1.29 is 4.74 Å². The van der Waals surface area contributed by atoms with Gasteiger partial charge in [0.1, 0.15) is 11.6 Å². The van der Waals surface area contributed by atoms with Crippen LogP contribution in [0.5, 0.6) is 0 Å². The number of nitrogens with one attached hydrogen (secondary N) is 1. The number of nitrogens with zero attached hydrogens (tertiary/aromatic N) is 2. The van der Waals surface area contributed by atoms with Gasteiger partial charge in [-0.2, -0.15) is 0 Å². The van der Waals surface area contributed by atoms with Crippen molar-refractivity contribution in [2.75, 3.05) is 25.1 Å². The van der Waals surface area contributed by atoms with Crippen LogP contribution >= 0.6 is 0 Å². The maximum absolute atomic E-state index is 11.6. The van der Waals surface area contributed by atoms with Gasteiger partial charge >= 0.3 is 0 Å². The van der Waals surface area contributed by atoms with E-state index in [2.05, 4.69) is 9.97 Å². The summed E-state index contributed by atoms with van der Waals surface area (Å²) < 4.78 is 5.50. The zero-order chi connectivity index (χ0) is 13.1. The van der Waals surface area contributed by atoms with Crippen molar-refractivity contribution in [2.45, 2.75) is 38.7 Å². The molecule has 0 bridgehead atoms. The van der Waals surface area contributed by atoms with Gasteiger partial charge in [0.05, 0.1) is 12.7 Å². The predicted molar refractivity (Wildman–Crippen MR) is 71.2 cm³/mol. The first kappa shape index (κ1) is 13.1. The molecule has 18 heavy (non-hydrogen) atoms. The summed E-state index contributed by atoms with van der Waals surface area (Å²) in [4.78, 5) is 20.9. The second-order valence-electron chi connectivity index (χ2n) is 5.10. The summed E-state index contributed by atoms with van der Waals surface area (Å²) in [5.41, 5.74) is -0.0708. The van der Waals surface area contributed by atoms with Crippen LogP contribution in [0.25, 0.3) is 0 Å². The second kappa shape index (κ2) is 5.52. The van der Waals surface area contributed by atoms with E-state index >= 15 is 0 Å². The lowest BCUT2D eigenvalue weighted by Gasteiger charge is -2.19. The van der Waals surface area contributed by atoms with Crippen molar-refractivity contribution >= 4 is 5.82 Å². The van der Waals surface area contributed by atoms with Crippen LogP contribution in [0.4, 0.5) is 5.82 Å². The van der Waals surface area contributed by atoms with Crippen LogP contribution in [0.2, 0.25) is 0 Å². The lowest BCUT2D eigenvalue weighted by Crippen LogP contribution is -2.26. The number of rotatable bonds is 6. The number of likely N-dealkylation sites (N-methyl/N-ethyl adjacent to an activating group) is 1. The molecule has 0 spiro atoms. The second-order valence-corrected chi connectivity index (χ2v) is 5.10. The van der Waals surface area contributed by atoms with E-state index in [4.69, 9.17) is 4.74 Å². The normalized spacial score (nSPS) is 15.1. The van der Waals surface area contributed by atoms with Gasteiger partial charge in [0.2, 0.25) is 0 Å². The van der Waals surface area contributed by atoms with Crippen LogP contribution in [-0.4, -0.2) is 36.3 Å². The van der Waals surface area contributed by atoms with Gasteiger partial charge in [0.25, 0.3) is 5.56 Å². The number of ether oxygens (including phenoxy) is 1. The number of hydrogen-bond donors (Lipinski definition) is 1. The van der Waals surface area contributed by atoms with Crippen molar-refractivity contribution in [1.82, 2.24) is 9.97 Å². The van der Waals surface area contributed by atoms with Crippen LogP contribution < -0.4 is 10.5 Å². The zero-order valence-electron chi connectivity index (χ0n) is 11.3. The van der Waals surface area contributed by atoms with Crippen LogP contribution in [0.3, 0.4) is 0 Å². The molecule has 0 atom stereocenters. The fraction of sp³-hybridized carbons (Fsp3) is 0.692. The highest BCUT2D eigenvalue weighted by molar-refractivity contribution is 5.36. The molecule has 0 radical (unpaired) electrons. The van der Waals surface area contributed by atoms with Crippen molar-refractivity contribution in [3.05, 3.63) is 22.2 Å². The van der Waals surface area contributed by atoms with Gasteiger partial charge in [-0.1, -0.05) is 0 Å². The van der Waals surface area contributed by atoms with Gasteiger partial charge in [0, 0.05) is 25.6 Å². The van der Waals surface area contributed by atoms with Crippen molar-refractivity contribution in [1.29, 1.82) is 0 Å². The van der Waals surface area contributed by atoms with E-state index in [0.717, 1.165) is 31.0 Å². The molecule has 5 heteroatoms. The summed E-state index contributed by atoms with van der Waals surface area (Å²) in [6, 6.07) is 1.54. The highest BCUT2D eigenvalue weighted by atomic mass is 16.5. The molecule has 1 fully saturated rings. The van der Waals surface area contributed by atoms with Gasteiger partial charge in [-0.05, 0) is 26.7 Å². The van der Waals surface area contributed by atoms with Crippen LogP contribution in [0.15, 0.2) is 10.9 Å². The summed E-state index contributed by atoms with van der Waals surface area (Å²) in [6.07, 6.45) is 2.49. The highest BCUT2D eigenvalue weighted by Gasteiger charge is 2.26. The summed E-state index contributed by atoms with van der Waals surface area (Å²) >= 11 is 0. The Morgan fingerprint density at radius 3 is 2.89 bits per heavy atom. The molecule has 1 heterocycles. The first-order valence-corrected chi connectivity index (χ1v) is 6.50. The molecular formula is C13H21N3O2. The SMILES string of the molecule is CC(C)OCCN(C)c1cc(=O)[nH]c(C2CC2)n1. The van der Waals surface area contributed by atoms with E-state index in [-0.39, 0.29) is 11.7 Å². The molecule has 0 saturated heterocycles. The minimum atomic E-state index is -0.0708. The van der Waals surface area contributed by atoms with Gasteiger partial charge < -0.3 is 14.6 Å². The Balaban J connectivity index is 2.00. The maximum Gasteiger partial charge on any atom is 0.252 e. The van der Waals surface area contributed by atoms with E-state index in [9.17, 15) is 4.79 Å². The van der Waals surface area contributed by atoms with Crippen LogP contribution in [-0.2, 0) is 4.74 Å². The zero-order valence-corrected chi connectivity index (χ0v) is 11.3. The smallest absolute Gasteiger partial charge is 0.252 e. The van der Waals surface area contributed by atoms with E-state index in [1.807, 2.05) is 25.8 Å². The topological polar surface area (TPSA) is 58.2 Å². The molecule has 5 nitrogen and oxygen atoms in total. The third-order valence-electron chi connectivity index (χ3n) is 2.98. The summed E-state index contributed by atoms with van der Waals surface area (Å²) in [6.45, 7) is 5.40. The summed E-state index contributed by atoms with van der Waals surface area (Å²) in [7, 11) is 1.93. The fourth-order valence-corrected chi connectivity index (χ4v) is 1.75. The standard InChI is InChI=1S/C13H21N3O2/c1-9(2)18-7-6-16(3)11-8-12(17)15-13(14-11)10-4-5-10/h8-10H,4-7H2,1-3H3,(H,14,15,17). The number of aromatic nitrogens is 2. The van der Waals surface area contributed by atoms with Crippen LogP contribution in [0, 0.1) is 0 Å². The van der Waals surface area contributed by atoms with Gasteiger partial charge in [-0.25, -0.2) is 4.98 Å². The van der Waals surface area contributed by atoms with Crippen molar-refractivity contribution in [2.24, 2.45) is 0 Å². The molecule has 100 valence electrons. The molecule has 1 aromatic rings. The minimum Gasteiger partial charge on any atom is -0.377 e. The molecule has 1 N–H and O–H groups in total. The molecular weight excluding hydrogens is 230 g/mol. The van der Waals surface area contributed by atoms with E-state index in [0.29, 0.717) is 12.5 Å². The van der Waals surface area contributed by atoms with E-state index < -0.39 is 0 Å². The third-order valence-corrected chi connectivity index (χ3v) is 2.98. The monoisotopic (exact) mass is 251 g/mol. The molecule has 1 aromatic heterocycles. The average molecular weight is 251 g/mol. The largest absolute Gasteiger partial charge is 0.377 e. The average Bonchev–Trinajstić information content (AvgIpc) is 3.11. The minimum absolute atomic E-state index is 0.0708. The van der Waals surface area contributed by atoms with Crippen molar-refractivity contribution in [3.8, 4) is 0 Å². The first-order valence-electron chi connectivity index (χ1n) is 6.50. The predicted octanol–water partition coefficient (Wildman–Crippen LogP) is 1.51. The molecule has 0 aromatic carbocycles. The first-order chi connectivity index (χ1) is 8.56. The summed E-state index contributed by atoms with van der Waals surface area (Å²) in [5, 5.41) is 0. The Kier molecular flexibility index (Phi) is 4.01. The Morgan fingerprint density at radius 1 is 1.56 bits per heavy atom. The fourth-order valence-electron chi connectivity index (χ4n) is 1.75. The molecule has 1 saturated carbocycles. The number of aromatic amines is 1. The molecule has 2 rings (SSSR count). The summed E-state index contributed by atoms with van der Waals surface area (Å²) in [5.74, 6) is 2.01. The van der Waals surface area contributed by atoms with Crippen LogP contribution in [0.1, 0.15) is 38.4 Å². The Morgan fingerprint density at radius 2 is 2.28 bits per heavy atom. The van der Waals surface area contributed by atoms with Gasteiger partial charge in [-0.15, -0.1) is 0 Å². The lowest BCUT2D eigenvalue weighted by atomic mass is 10.4. The molecule has 0 aliphatic heterocycles. The van der Waals surface area contributed by atoms with E-state index in [1.54, 1.807) is 6.07 Å².